The molecule has 0 spiro atoms. The van der Waals surface area contributed by atoms with Gasteiger partial charge in [0.05, 0.1) is 5.41 Å². The van der Waals surface area contributed by atoms with Gasteiger partial charge in [-0.25, -0.2) is 0 Å². The third kappa shape index (κ3) is 4.71. The fourth-order valence-electron chi connectivity index (χ4n) is 2.55. The van der Waals surface area contributed by atoms with Crippen LogP contribution in [-0.2, 0) is 11.3 Å². The highest BCUT2D eigenvalue weighted by Crippen LogP contribution is 2.27. The van der Waals surface area contributed by atoms with Gasteiger partial charge in [0.2, 0.25) is 0 Å². The van der Waals surface area contributed by atoms with E-state index in [1.807, 2.05) is 6.07 Å². The van der Waals surface area contributed by atoms with E-state index < -0.39 is 11.4 Å². The average Bonchev–Trinajstić information content (AvgIpc) is 2.47. The Morgan fingerprint density at radius 1 is 1.29 bits per heavy atom. The summed E-state index contributed by atoms with van der Waals surface area (Å²) in [5.41, 5.74) is 2.14. The Kier molecular flexibility index (Phi) is 5.18. The first-order valence-corrected chi connectivity index (χ1v) is 7.65. The maximum Gasteiger partial charge on any atom is 0.309 e. The van der Waals surface area contributed by atoms with Crippen LogP contribution in [0.5, 0.6) is 0 Å². The molecule has 0 bridgehead atoms. The van der Waals surface area contributed by atoms with Crippen molar-refractivity contribution in [3.05, 3.63) is 47.5 Å². The third-order valence-electron chi connectivity index (χ3n) is 4.29. The molecule has 1 aliphatic rings. The maximum absolute atomic E-state index is 11.1. The van der Waals surface area contributed by atoms with Crippen LogP contribution in [0.3, 0.4) is 0 Å². The van der Waals surface area contributed by atoms with Gasteiger partial charge in [0.1, 0.15) is 0 Å². The van der Waals surface area contributed by atoms with Crippen molar-refractivity contribution < 1.29 is 9.90 Å². The minimum atomic E-state index is -0.704. The summed E-state index contributed by atoms with van der Waals surface area (Å²) in [6, 6.07) is 10.5. The van der Waals surface area contributed by atoms with Crippen LogP contribution in [0.15, 0.2) is 42.0 Å². The van der Waals surface area contributed by atoms with Gasteiger partial charge in [0.15, 0.2) is 0 Å². The number of hydrogen-bond donors (Lipinski definition) is 1. The van der Waals surface area contributed by atoms with Crippen LogP contribution in [0.4, 0.5) is 0 Å². The lowest BCUT2D eigenvalue weighted by Crippen LogP contribution is -2.29. The largest absolute Gasteiger partial charge is 0.481 e. The molecule has 0 radical (unpaired) electrons. The van der Waals surface area contributed by atoms with E-state index in [-0.39, 0.29) is 0 Å². The Morgan fingerprint density at radius 2 is 2.00 bits per heavy atom. The SMILES string of the molecule is CC(C)(CCC1=CCN(Cc2ccccc2)CC1)C(=O)O. The molecule has 2 rings (SSSR count). The molecular formula is C18H25NO2. The van der Waals surface area contributed by atoms with E-state index in [0.29, 0.717) is 6.42 Å². The molecule has 1 aromatic rings. The zero-order valence-electron chi connectivity index (χ0n) is 13.0. The first kappa shape index (κ1) is 15.8. The van der Waals surface area contributed by atoms with Gasteiger partial charge in [-0.3, -0.25) is 9.69 Å². The van der Waals surface area contributed by atoms with E-state index in [1.165, 1.54) is 11.1 Å². The lowest BCUT2D eigenvalue weighted by molar-refractivity contribution is -0.147. The number of carboxylic acids is 1. The summed E-state index contributed by atoms with van der Waals surface area (Å²) in [6.07, 6.45) is 4.96. The average molecular weight is 287 g/mol. The highest BCUT2D eigenvalue weighted by molar-refractivity contribution is 5.73. The van der Waals surface area contributed by atoms with E-state index in [0.717, 1.165) is 32.5 Å². The Bertz CT molecular complexity index is 505. The first-order valence-electron chi connectivity index (χ1n) is 7.65. The van der Waals surface area contributed by atoms with Gasteiger partial charge in [-0.15, -0.1) is 0 Å². The van der Waals surface area contributed by atoms with Crippen molar-refractivity contribution in [2.75, 3.05) is 13.1 Å². The molecule has 1 aliphatic heterocycles. The van der Waals surface area contributed by atoms with E-state index in [9.17, 15) is 4.79 Å². The summed E-state index contributed by atoms with van der Waals surface area (Å²) in [6.45, 7) is 6.64. The number of carboxylic acid groups (broad SMARTS) is 1. The minimum absolute atomic E-state index is 0.623. The Balaban J connectivity index is 1.81. The molecule has 1 aromatic carbocycles. The number of aliphatic carboxylic acids is 1. The third-order valence-corrected chi connectivity index (χ3v) is 4.29. The molecule has 0 atom stereocenters. The van der Waals surface area contributed by atoms with E-state index in [4.69, 9.17) is 5.11 Å². The van der Waals surface area contributed by atoms with Crippen molar-refractivity contribution in [3.8, 4) is 0 Å². The van der Waals surface area contributed by atoms with Gasteiger partial charge < -0.3 is 5.11 Å². The van der Waals surface area contributed by atoms with Crippen molar-refractivity contribution in [1.29, 1.82) is 0 Å². The Labute approximate surface area is 127 Å². The normalized spacial score (nSPS) is 16.6. The highest BCUT2D eigenvalue weighted by Gasteiger charge is 2.27. The predicted octanol–water partition coefficient (Wildman–Crippen LogP) is 3.71. The molecule has 0 unspecified atom stereocenters. The van der Waals surface area contributed by atoms with Crippen LogP contribution in [0, 0.1) is 5.41 Å². The predicted molar refractivity (Wildman–Crippen MR) is 85.1 cm³/mol. The molecule has 0 amide bonds. The van der Waals surface area contributed by atoms with Gasteiger partial charge in [-0.1, -0.05) is 42.0 Å². The molecule has 1 N–H and O–H groups in total. The molecule has 114 valence electrons. The van der Waals surface area contributed by atoms with Gasteiger partial charge in [0.25, 0.3) is 0 Å². The number of rotatable bonds is 6. The molecule has 0 fully saturated rings. The summed E-state index contributed by atoms with van der Waals surface area (Å²) in [7, 11) is 0. The Morgan fingerprint density at radius 3 is 2.57 bits per heavy atom. The lowest BCUT2D eigenvalue weighted by Gasteiger charge is -2.27. The minimum Gasteiger partial charge on any atom is -0.481 e. The molecule has 3 heteroatoms. The molecule has 0 saturated carbocycles. The quantitative estimate of drug-likeness (QED) is 0.811. The monoisotopic (exact) mass is 287 g/mol. The molecule has 0 aliphatic carbocycles. The fraction of sp³-hybridized carbons (Fsp3) is 0.500. The molecule has 1 heterocycles. The van der Waals surface area contributed by atoms with Crippen molar-refractivity contribution in [2.45, 2.75) is 39.7 Å². The van der Waals surface area contributed by atoms with Gasteiger partial charge in [-0.2, -0.15) is 0 Å². The molecule has 0 saturated heterocycles. The van der Waals surface area contributed by atoms with Crippen molar-refractivity contribution in [1.82, 2.24) is 4.90 Å². The molecule has 0 aromatic heterocycles. The van der Waals surface area contributed by atoms with Crippen LogP contribution in [0.2, 0.25) is 0 Å². The van der Waals surface area contributed by atoms with Crippen molar-refractivity contribution in [3.63, 3.8) is 0 Å². The zero-order chi connectivity index (χ0) is 15.3. The second kappa shape index (κ2) is 6.90. The zero-order valence-corrected chi connectivity index (χ0v) is 13.0. The van der Waals surface area contributed by atoms with Gasteiger partial charge >= 0.3 is 5.97 Å². The highest BCUT2D eigenvalue weighted by atomic mass is 16.4. The number of carbonyl (C=O) groups is 1. The van der Waals surface area contributed by atoms with Gasteiger partial charge in [-0.05, 0) is 38.7 Å². The van der Waals surface area contributed by atoms with Crippen molar-refractivity contribution >= 4 is 5.97 Å². The van der Waals surface area contributed by atoms with Crippen LogP contribution >= 0.6 is 0 Å². The molecular weight excluding hydrogens is 262 g/mol. The topological polar surface area (TPSA) is 40.5 Å². The van der Waals surface area contributed by atoms with Gasteiger partial charge in [0, 0.05) is 19.6 Å². The van der Waals surface area contributed by atoms with Crippen LogP contribution in [0.1, 0.15) is 38.7 Å². The fourth-order valence-corrected chi connectivity index (χ4v) is 2.55. The van der Waals surface area contributed by atoms with Crippen molar-refractivity contribution in [2.24, 2.45) is 5.41 Å². The van der Waals surface area contributed by atoms with E-state index >= 15 is 0 Å². The standard InChI is InChI=1S/C18H25NO2/c1-18(2,17(20)21)11-8-15-9-12-19(13-10-15)14-16-6-4-3-5-7-16/h3-7,9H,8,10-14H2,1-2H3,(H,20,21). The summed E-state index contributed by atoms with van der Waals surface area (Å²) in [5, 5.41) is 9.15. The summed E-state index contributed by atoms with van der Waals surface area (Å²) < 4.78 is 0. The molecule has 3 nitrogen and oxygen atoms in total. The van der Waals surface area contributed by atoms with Crippen LogP contribution < -0.4 is 0 Å². The maximum atomic E-state index is 11.1. The van der Waals surface area contributed by atoms with E-state index in [1.54, 1.807) is 13.8 Å². The second-order valence-corrected chi connectivity index (χ2v) is 6.52. The number of hydrogen-bond acceptors (Lipinski definition) is 2. The smallest absolute Gasteiger partial charge is 0.309 e. The van der Waals surface area contributed by atoms with Crippen LogP contribution in [0.25, 0.3) is 0 Å². The summed E-state index contributed by atoms with van der Waals surface area (Å²) in [5.74, 6) is -0.704. The van der Waals surface area contributed by atoms with Crippen LogP contribution in [-0.4, -0.2) is 29.1 Å². The number of nitrogens with zero attached hydrogens (tertiary/aromatic N) is 1. The number of benzene rings is 1. The first-order chi connectivity index (χ1) is 9.97. The van der Waals surface area contributed by atoms with E-state index in [2.05, 4.69) is 35.2 Å². The second-order valence-electron chi connectivity index (χ2n) is 6.52. The lowest BCUT2D eigenvalue weighted by atomic mass is 9.85. The molecule has 21 heavy (non-hydrogen) atoms. The Hall–Kier alpha value is -1.61. The summed E-state index contributed by atoms with van der Waals surface area (Å²) in [4.78, 5) is 13.6. The summed E-state index contributed by atoms with van der Waals surface area (Å²) >= 11 is 0.